The number of anilines is 1. The Morgan fingerprint density at radius 3 is 2.75 bits per heavy atom. The molecule has 0 aliphatic carbocycles. The van der Waals surface area contributed by atoms with E-state index in [1.165, 1.54) is 6.07 Å². The highest BCUT2D eigenvalue weighted by Gasteiger charge is 2.14. The van der Waals surface area contributed by atoms with Crippen LogP contribution in [0.4, 0.5) is 11.4 Å². The van der Waals surface area contributed by atoms with E-state index in [1.807, 2.05) is 24.3 Å². The van der Waals surface area contributed by atoms with Crippen LogP contribution in [-0.2, 0) is 6.54 Å². The minimum absolute atomic E-state index is 0.0364. The maximum atomic E-state index is 11.0. The van der Waals surface area contributed by atoms with Crippen molar-refractivity contribution in [1.29, 1.82) is 0 Å². The molecule has 0 heterocycles. The Balaban J connectivity index is 2.21. The zero-order valence-corrected chi connectivity index (χ0v) is 12.4. The standard InChI is InChI=1S/C14H13BrN2O3/c1-20-14-5-3-2-4-10(14)9-16-12-7-6-11(15)8-13(12)17(18)19/h2-8,16H,9H2,1H3. The summed E-state index contributed by atoms with van der Waals surface area (Å²) < 4.78 is 5.92. The van der Waals surface area contributed by atoms with Crippen molar-refractivity contribution >= 4 is 27.3 Å². The van der Waals surface area contributed by atoms with Gasteiger partial charge in [-0.2, -0.15) is 0 Å². The smallest absolute Gasteiger partial charge is 0.293 e. The van der Waals surface area contributed by atoms with Gasteiger partial charge in [0.2, 0.25) is 0 Å². The van der Waals surface area contributed by atoms with Gasteiger partial charge in [-0.05, 0) is 18.2 Å². The second kappa shape index (κ2) is 6.38. The summed E-state index contributed by atoms with van der Waals surface area (Å²) in [7, 11) is 1.60. The Hall–Kier alpha value is -2.08. The fourth-order valence-electron chi connectivity index (χ4n) is 1.84. The number of methoxy groups -OCH3 is 1. The van der Waals surface area contributed by atoms with Crippen LogP contribution in [0, 0.1) is 10.1 Å². The summed E-state index contributed by atoms with van der Waals surface area (Å²) in [6.45, 7) is 0.451. The van der Waals surface area contributed by atoms with E-state index in [0.717, 1.165) is 11.3 Å². The quantitative estimate of drug-likeness (QED) is 0.662. The van der Waals surface area contributed by atoms with Gasteiger partial charge in [0.1, 0.15) is 11.4 Å². The van der Waals surface area contributed by atoms with Gasteiger partial charge < -0.3 is 10.1 Å². The first-order chi connectivity index (χ1) is 9.61. The second-order valence-electron chi connectivity index (χ2n) is 4.08. The number of nitrogens with zero attached hydrogens (tertiary/aromatic N) is 1. The summed E-state index contributed by atoms with van der Waals surface area (Å²) in [6, 6.07) is 12.5. The van der Waals surface area contributed by atoms with Crippen LogP contribution >= 0.6 is 15.9 Å². The molecule has 0 aromatic heterocycles. The Kier molecular flexibility index (Phi) is 4.57. The van der Waals surface area contributed by atoms with E-state index >= 15 is 0 Å². The van der Waals surface area contributed by atoms with Gasteiger partial charge in [-0.25, -0.2) is 0 Å². The minimum atomic E-state index is -0.407. The summed E-state index contributed by atoms with van der Waals surface area (Å²) in [5, 5.41) is 14.1. The third-order valence-corrected chi connectivity index (χ3v) is 3.31. The lowest BCUT2D eigenvalue weighted by Gasteiger charge is -2.10. The molecule has 2 aromatic rings. The highest BCUT2D eigenvalue weighted by Crippen LogP contribution is 2.29. The van der Waals surface area contributed by atoms with Crippen LogP contribution in [-0.4, -0.2) is 12.0 Å². The van der Waals surface area contributed by atoms with E-state index in [-0.39, 0.29) is 5.69 Å². The molecule has 0 saturated carbocycles. The van der Waals surface area contributed by atoms with Crippen molar-refractivity contribution in [1.82, 2.24) is 0 Å². The number of nitro groups is 1. The van der Waals surface area contributed by atoms with Gasteiger partial charge in [0.05, 0.1) is 12.0 Å². The summed E-state index contributed by atoms with van der Waals surface area (Å²) in [5.41, 5.74) is 1.45. The molecule has 0 amide bonds. The molecule has 0 bridgehead atoms. The van der Waals surface area contributed by atoms with E-state index < -0.39 is 4.92 Å². The Labute approximate surface area is 124 Å². The first-order valence-electron chi connectivity index (χ1n) is 5.91. The van der Waals surface area contributed by atoms with Crippen LogP contribution in [0.2, 0.25) is 0 Å². The van der Waals surface area contributed by atoms with Crippen LogP contribution in [0.15, 0.2) is 46.9 Å². The SMILES string of the molecule is COc1ccccc1CNc1ccc(Br)cc1[N+](=O)[O-]. The molecular formula is C14H13BrN2O3. The van der Waals surface area contributed by atoms with Crippen LogP contribution < -0.4 is 10.1 Å². The van der Waals surface area contributed by atoms with Crippen LogP contribution in [0.5, 0.6) is 5.75 Å². The highest BCUT2D eigenvalue weighted by atomic mass is 79.9. The first-order valence-corrected chi connectivity index (χ1v) is 6.71. The molecule has 0 unspecified atom stereocenters. The topological polar surface area (TPSA) is 64.4 Å². The number of hydrogen-bond donors (Lipinski definition) is 1. The second-order valence-corrected chi connectivity index (χ2v) is 5.00. The lowest BCUT2D eigenvalue weighted by Crippen LogP contribution is -2.04. The third kappa shape index (κ3) is 3.27. The molecule has 104 valence electrons. The van der Waals surface area contributed by atoms with Crippen molar-refractivity contribution in [3.63, 3.8) is 0 Å². The summed E-state index contributed by atoms with van der Waals surface area (Å²) >= 11 is 3.23. The maximum absolute atomic E-state index is 11.0. The van der Waals surface area contributed by atoms with Gasteiger partial charge >= 0.3 is 0 Å². The zero-order chi connectivity index (χ0) is 14.5. The molecule has 0 atom stereocenters. The monoisotopic (exact) mass is 336 g/mol. The molecule has 0 saturated heterocycles. The van der Waals surface area contributed by atoms with Gasteiger partial charge in [-0.3, -0.25) is 10.1 Å². The average molecular weight is 337 g/mol. The van der Waals surface area contributed by atoms with Gasteiger partial charge in [0, 0.05) is 22.6 Å². The Morgan fingerprint density at radius 2 is 2.05 bits per heavy atom. The number of nitro benzene ring substituents is 1. The molecule has 20 heavy (non-hydrogen) atoms. The normalized spacial score (nSPS) is 10.1. The number of ether oxygens (including phenoxy) is 1. The van der Waals surface area contributed by atoms with E-state index in [2.05, 4.69) is 21.2 Å². The first kappa shape index (κ1) is 14.3. The van der Waals surface area contributed by atoms with Crippen LogP contribution in [0.25, 0.3) is 0 Å². The lowest BCUT2D eigenvalue weighted by atomic mass is 10.2. The number of hydrogen-bond acceptors (Lipinski definition) is 4. The maximum Gasteiger partial charge on any atom is 0.293 e. The summed E-state index contributed by atoms with van der Waals surface area (Å²) in [5.74, 6) is 0.750. The average Bonchev–Trinajstić information content (AvgIpc) is 2.46. The number of halogens is 1. The van der Waals surface area contributed by atoms with Crippen LogP contribution in [0.3, 0.4) is 0 Å². The third-order valence-electron chi connectivity index (χ3n) is 2.82. The number of benzene rings is 2. The molecule has 2 rings (SSSR count). The van der Waals surface area contributed by atoms with Gasteiger partial charge in [-0.15, -0.1) is 0 Å². The van der Waals surface area contributed by atoms with E-state index in [4.69, 9.17) is 4.74 Å². The molecule has 5 nitrogen and oxygen atoms in total. The van der Waals surface area contributed by atoms with Crippen molar-refractivity contribution in [2.45, 2.75) is 6.54 Å². The largest absolute Gasteiger partial charge is 0.496 e. The van der Waals surface area contributed by atoms with E-state index in [0.29, 0.717) is 16.7 Å². The van der Waals surface area contributed by atoms with Gasteiger partial charge in [0.15, 0.2) is 0 Å². The number of rotatable bonds is 5. The molecule has 2 aromatic carbocycles. The molecule has 1 N–H and O–H groups in total. The predicted molar refractivity (Wildman–Crippen MR) is 81.1 cm³/mol. The Bertz CT molecular complexity index is 632. The zero-order valence-electron chi connectivity index (χ0n) is 10.8. The van der Waals surface area contributed by atoms with Gasteiger partial charge in [0.25, 0.3) is 5.69 Å². The van der Waals surface area contributed by atoms with E-state index in [9.17, 15) is 10.1 Å². The van der Waals surface area contributed by atoms with Crippen molar-refractivity contribution in [2.24, 2.45) is 0 Å². The molecule has 0 aliphatic rings. The summed E-state index contributed by atoms with van der Waals surface area (Å²) in [6.07, 6.45) is 0. The van der Waals surface area contributed by atoms with Crippen molar-refractivity contribution in [3.8, 4) is 5.75 Å². The molecule has 0 radical (unpaired) electrons. The number of nitrogens with one attached hydrogen (secondary N) is 1. The predicted octanol–water partition coefficient (Wildman–Crippen LogP) is 3.98. The molecule has 0 aliphatic heterocycles. The van der Waals surface area contributed by atoms with Crippen LogP contribution in [0.1, 0.15) is 5.56 Å². The van der Waals surface area contributed by atoms with Gasteiger partial charge in [-0.1, -0.05) is 34.1 Å². The van der Waals surface area contributed by atoms with Crippen molar-refractivity contribution in [3.05, 3.63) is 62.6 Å². The molecule has 6 heteroatoms. The van der Waals surface area contributed by atoms with Crippen molar-refractivity contribution < 1.29 is 9.66 Å². The highest BCUT2D eigenvalue weighted by molar-refractivity contribution is 9.10. The Morgan fingerprint density at radius 1 is 1.30 bits per heavy atom. The van der Waals surface area contributed by atoms with E-state index in [1.54, 1.807) is 19.2 Å². The number of para-hydroxylation sites is 1. The fourth-order valence-corrected chi connectivity index (χ4v) is 2.19. The molecule has 0 spiro atoms. The molecular weight excluding hydrogens is 324 g/mol. The van der Waals surface area contributed by atoms with Crippen molar-refractivity contribution in [2.75, 3.05) is 12.4 Å². The summed E-state index contributed by atoms with van der Waals surface area (Å²) in [4.78, 5) is 10.6. The molecule has 0 fully saturated rings. The fraction of sp³-hybridized carbons (Fsp3) is 0.143. The minimum Gasteiger partial charge on any atom is -0.496 e. The lowest BCUT2D eigenvalue weighted by molar-refractivity contribution is -0.384.